The molecule has 2 rings (SSSR count). The van der Waals surface area contributed by atoms with Crippen LogP contribution < -0.4 is 4.90 Å². The van der Waals surface area contributed by atoms with Crippen molar-refractivity contribution in [1.82, 2.24) is 0 Å². The third-order valence-electron chi connectivity index (χ3n) is 4.75. The second-order valence-electron chi connectivity index (χ2n) is 6.96. The number of nitriles is 4. The smallest absolute Gasteiger partial charge is 0.130 e. The van der Waals surface area contributed by atoms with Crippen molar-refractivity contribution in [2.24, 2.45) is 0 Å². The van der Waals surface area contributed by atoms with E-state index in [0.717, 1.165) is 41.9 Å². The first-order valence-electron chi connectivity index (χ1n) is 10.2. The van der Waals surface area contributed by atoms with E-state index in [2.05, 4.69) is 11.8 Å². The maximum Gasteiger partial charge on any atom is 0.130 e. The van der Waals surface area contributed by atoms with Crippen LogP contribution in [0.2, 0.25) is 0 Å². The predicted octanol–water partition coefficient (Wildman–Crippen LogP) is 6.27. The number of benzene rings is 2. The molecule has 0 N–H and O–H groups in total. The Labute approximate surface area is 184 Å². The summed E-state index contributed by atoms with van der Waals surface area (Å²) in [5.41, 5.74) is 3.77. The normalized spacial score (nSPS) is 9.32. The molecule has 0 unspecified atom stereocenters. The molecule has 0 aliphatic heterocycles. The lowest BCUT2D eigenvalue weighted by atomic mass is 10.1. The van der Waals surface area contributed by atoms with Gasteiger partial charge in [0.05, 0.1) is 0 Å². The monoisotopic (exact) mass is 405 g/mol. The minimum atomic E-state index is 0.0712. The fourth-order valence-electron chi connectivity index (χ4n) is 3.12. The molecule has 152 valence electrons. The summed E-state index contributed by atoms with van der Waals surface area (Å²) in [6, 6.07) is 23.0. The zero-order valence-electron chi connectivity index (χ0n) is 17.5. The van der Waals surface area contributed by atoms with Crippen LogP contribution in [0, 0.1) is 45.3 Å². The molecule has 5 nitrogen and oxygen atoms in total. The Morgan fingerprint density at radius 1 is 0.677 bits per heavy atom. The lowest BCUT2D eigenvalue weighted by Gasteiger charge is -2.25. The van der Waals surface area contributed by atoms with E-state index in [1.54, 1.807) is 12.2 Å². The van der Waals surface area contributed by atoms with Crippen molar-refractivity contribution in [3.8, 4) is 24.3 Å². The Hall–Kier alpha value is -4.32. The highest BCUT2D eigenvalue weighted by atomic mass is 15.1. The molecule has 0 aromatic heterocycles. The quantitative estimate of drug-likeness (QED) is 0.362. The van der Waals surface area contributed by atoms with E-state index >= 15 is 0 Å². The first-order valence-corrected chi connectivity index (χ1v) is 10.2. The van der Waals surface area contributed by atoms with Crippen LogP contribution in [0.4, 0.5) is 11.4 Å². The zero-order valence-corrected chi connectivity index (χ0v) is 17.5. The lowest BCUT2D eigenvalue weighted by molar-refractivity contribution is 0.668. The number of allylic oxidation sites excluding steroid dienone is 2. The van der Waals surface area contributed by atoms with E-state index in [-0.39, 0.29) is 11.1 Å². The summed E-state index contributed by atoms with van der Waals surface area (Å²) >= 11 is 0. The number of rotatable bonds is 9. The molecule has 2 aromatic rings. The summed E-state index contributed by atoms with van der Waals surface area (Å²) in [6.45, 7) is 3.04. The maximum absolute atomic E-state index is 8.94. The van der Waals surface area contributed by atoms with Gasteiger partial charge in [-0.15, -0.1) is 0 Å². The molecule has 0 amide bonds. The molecular formula is C26H23N5. The molecule has 0 saturated heterocycles. The van der Waals surface area contributed by atoms with Gasteiger partial charge in [0.2, 0.25) is 0 Å². The van der Waals surface area contributed by atoms with Gasteiger partial charge in [0.1, 0.15) is 35.4 Å². The zero-order chi connectivity index (χ0) is 22.5. The first kappa shape index (κ1) is 23.0. The molecule has 0 heterocycles. The van der Waals surface area contributed by atoms with Gasteiger partial charge >= 0.3 is 0 Å². The molecule has 0 aliphatic rings. The summed E-state index contributed by atoms with van der Waals surface area (Å²) < 4.78 is 0. The number of hydrogen-bond donors (Lipinski definition) is 0. The van der Waals surface area contributed by atoms with E-state index in [0.29, 0.717) is 0 Å². The van der Waals surface area contributed by atoms with Crippen LogP contribution in [-0.2, 0) is 0 Å². The van der Waals surface area contributed by atoms with Crippen molar-refractivity contribution in [3.05, 3.63) is 70.8 Å². The van der Waals surface area contributed by atoms with Gasteiger partial charge in [-0.2, -0.15) is 21.0 Å². The van der Waals surface area contributed by atoms with Gasteiger partial charge in [-0.1, -0.05) is 50.5 Å². The Kier molecular flexibility index (Phi) is 9.10. The van der Waals surface area contributed by atoms with E-state index < -0.39 is 0 Å². The molecule has 0 fully saturated rings. The summed E-state index contributed by atoms with van der Waals surface area (Å²) in [6.07, 6.45) is 7.70. The Morgan fingerprint density at radius 3 is 1.45 bits per heavy atom. The molecular weight excluding hydrogens is 382 g/mol. The van der Waals surface area contributed by atoms with Crippen LogP contribution in [-0.4, -0.2) is 6.54 Å². The standard InChI is InChI=1S/C26H23N5/c1-2-3-4-5-14-31(25-10-6-21(7-11-25)15-23(17-27)18-28)26-12-8-22(9-13-26)16-24(19-29)20-30/h6-13,15-16H,2-5,14H2,1H3. The van der Waals surface area contributed by atoms with Crippen LogP contribution in [0.3, 0.4) is 0 Å². The molecule has 2 aromatic carbocycles. The van der Waals surface area contributed by atoms with Crippen LogP contribution >= 0.6 is 0 Å². The van der Waals surface area contributed by atoms with Gasteiger partial charge in [-0.05, 0) is 54.0 Å². The number of nitrogens with zero attached hydrogens (tertiary/aromatic N) is 5. The van der Waals surface area contributed by atoms with Gasteiger partial charge in [-0.3, -0.25) is 0 Å². The van der Waals surface area contributed by atoms with Crippen LogP contribution in [0.15, 0.2) is 59.7 Å². The molecule has 31 heavy (non-hydrogen) atoms. The van der Waals surface area contributed by atoms with E-state index in [1.165, 1.54) is 12.8 Å². The Morgan fingerprint density at radius 2 is 1.10 bits per heavy atom. The minimum absolute atomic E-state index is 0.0712. The Bertz CT molecular complexity index is 978. The molecule has 0 spiro atoms. The predicted molar refractivity (Wildman–Crippen MR) is 122 cm³/mol. The lowest BCUT2D eigenvalue weighted by Crippen LogP contribution is -2.18. The van der Waals surface area contributed by atoms with Crippen molar-refractivity contribution >= 4 is 23.5 Å². The van der Waals surface area contributed by atoms with Crippen molar-refractivity contribution in [3.63, 3.8) is 0 Å². The van der Waals surface area contributed by atoms with Crippen LogP contribution in [0.25, 0.3) is 12.2 Å². The maximum atomic E-state index is 8.94. The average Bonchev–Trinajstić information content (AvgIpc) is 2.82. The first-order chi connectivity index (χ1) is 15.1. The van der Waals surface area contributed by atoms with E-state index in [4.69, 9.17) is 21.0 Å². The molecule has 0 aliphatic carbocycles. The third-order valence-corrected chi connectivity index (χ3v) is 4.75. The fraction of sp³-hybridized carbons (Fsp3) is 0.231. The van der Waals surface area contributed by atoms with Crippen LogP contribution in [0.1, 0.15) is 43.7 Å². The largest absolute Gasteiger partial charge is 0.341 e. The summed E-state index contributed by atoms with van der Waals surface area (Å²) in [5.74, 6) is 0. The van der Waals surface area contributed by atoms with Crippen LogP contribution in [0.5, 0.6) is 0 Å². The molecule has 0 saturated carbocycles. The second kappa shape index (κ2) is 12.3. The van der Waals surface area contributed by atoms with Gasteiger partial charge in [-0.25, -0.2) is 0 Å². The minimum Gasteiger partial charge on any atom is -0.341 e. The molecule has 0 bridgehead atoms. The molecule has 0 radical (unpaired) electrons. The van der Waals surface area contributed by atoms with Crippen molar-refractivity contribution in [2.75, 3.05) is 11.4 Å². The Balaban J connectivity index is 2.31. The molecule has 5 heteroatoms. The van der Waals surface area contributed by atoms with Crippen molar-refractivity contribution in [1.29, 1.82) is 21.0 Å². The molecule has 0 atom stereocenters. The number of hydrogen-bond acceptors (Lipinski definition) is 5. The summed E-state index contributed by atoms with van der Waals surface area (Å²) in [4.78, 5) is 2.22. The third kappa shape index (κ3) is 6.90. The van der Waals surface area contributed by atoms with Gasteiger partial charge in [0.25, 0.3) is 0 Å². The van der Waals surface area contributed by atoms with Gasteiger partial charge in [0, 0.05) is 17.9 Å². The average molecular weight is 406 g/mol. The highest BCUT2D eigenvalue weighted by Gasteiger charge is 2.10. The fourth-order valence-corrected chi connectivity index (χ4v) is 3.12. The highest BCUT2D eigenvalue weighted by Crippen LogP contribution is 2.27. The van der Waals surface area contributed by atoms with Gasteiger partial charge in [0.15, 0.2) is 0 Å². The topological polar surface area (TPSA) is 98.4 Å². The SMILES string of the molecule is CCCCCCN(c1ccc(C=C(C#N)C#N)cc1)c1ccc(C=C(C#N)C#N)cc1. The number of anilines is 2. The second-order valence-corrected chi connectivity index (χ2v) is 6.96. The number of unbranched alkanes of at least 4 members (excludes halogenated alkanes) is 3. The summed E-state index contributed by atoms with van der Waals surface area (Å²) in [5, 5.41) is 35.8. The van der Waals surface area contributed by atoms with Crippen molar-refractivity contribution in [2.45, 2.75) is 32.6 Å². The van der Waals surface area contributed by atoms with Gasteiger partial charge < -0.3 is 4.90 Å². The highest BCUT2D eigenvalue weighted by molar-refractivity contribution is 5.69. The van der Waals surface area contributed by atoms with Crippen molar-refractivity contribution < 1.29 is 0 Å². The van der Waals surface area contributed by atoms with E-state index in [1.807, 2.05) is 72.8 Å². The summed E-state index contributed by atoms with van der Waals surface area (Å²) in [7, 11) is 0. The van der Waals surface area contributed by atoms with E-state index in [9.17, 15) is 0 Å².